The molecule has 2 N–H and O–H groups in total. The molecular formula is C33H28F6N6O2S. The van der Waals surface area contributed by atoms with Crippen molar-refractivity contribution in [3.8, 4) is 23.2 Å². The first-order valence-corrected chi connectivity index (χ1v) is 16.3. The lowest BCUT2D eigenvalue weighted by Gasteiger charge is -2.31. The number of nitrogen functional groups attached to an aromatic ring is 1. The summed E-state index contributed by atoms with van der Waals surface area (Å²) in [4.78, 5) is 12.6. The van der Waals surface area contributed by atoms with E-state index < -0.39 is 52.6 Å². The van der Waals surface area contributed by atoms with Crippen molar-refractivity contribution < 1.29 is 35.8 Å². The summed E-state index contributed by atoms with van der Waals surface area (Å²) in [5.74, 6) is -2.82. The van der Waals surface area contributed by atoms with Crippen LogP contribution in [0.15, 0.2) is 30.4 Å². The van der Waals surface area contributed by atoms with E-state index in [1.807, 2.05) is 6.07 Å². The average Bonchev–Trinajstić information content (AvgIpc) is 3.21. The van der Waals surface area contributed by atoms with Crippen molar-refractivity contribution in [1.82, 2.24) is 14.9 Å². The number of aromatic nitrogens is 2. The molecule has 2 aromatic heterocycles. The van der Waals surface area contributed by atoms with Crippen molar-refractivity contribution in [1.29, 1.82) is 5.26 Å². The van der Waals surface area contributed by atoms with Crippen molar-refractivity contribution in [3.05, 3.63) is 53.1 Å². The Morgan fingerprint density at radius 2 is 2.04 bits per heavy atom. The SMILES string of the molecule is C=C1CN2CCC[C@@]2(COc2nc(N3CCOC[C@H]4[C@H](F)[C@H]43)c3cc(C(F)(F)F)c(-c4ccc(F)c5sc(N)c(C#N)c45)c(F)c3n2)C1. The molecule has 250 valence electrons. The molecule has 0 bridgehead atoms. The Bertz CT molecular complexity index is 2060. The van der Waals surface area contributed by atoms with E-state index in [1.54, 1.807) is 0 Å². The lowest BCUT2D eigenvalue weighted by atomic mass is 9.92. The summed E-state index contributed by atoms with van der Waals surface area (Å²) < 4.78 is 103. The minimum atomic E-state index is -5.12. The molecule has 8 nitrogen and oxygen atoms in total. The molecule has 0 unspecified atom stereocenters. The molecule has 48 heavy (non-hydrogen) atoms. The number of alkyl halides is 4. The minimum absolute atomic E-state index is 0.0910. The molecular weight excluding hydrogens is 658 g/mol. The van der Waals surface area contributed by atoms with Gasteiger partial charge in [-0.25, -0.2) is 13.2 Å². The first-order valence-electron chi connectivity index (χ1n) is 15.5. The smallest absolute Gasteiger partial charge is 0.417 e. The third kappa shape index (κ3) is 4.71. The molecule has 0 radical (unpaired) electrons. The van der Waals surface area contributed by atoms with Crippen molar-refractivity contribution in [2.45, 2.75) is 43.2 Å². The van der Waals surface area contributed by atoms with E-state index in [9.17, 15) is 27.2 Å². The molecule has 1 aliphatic carbocycles. The summed E-state index contributed by atoms with van der Waals surface area (Å²) in [5, 5.41) is 9.15. The topological polar surface area (TPSA) is 101 Å². The van der Waals surface area contributed by atoms with Crippen LogP contribution in [0.5, 0.6) is 6.01 Å². The standard InChI is InChI=1S/C33H28F6N6O2S/c1-15-10-32(5-2-6-44(32)12-15)14-47-31-42-26-17(30(43-31)45-7-8-46-13-19-24(35)27(19)45)9-20(33(37,38)39)23(25(26)36)16-3-4-21(34)28-22(16)18(11-40)29(41)48-28/h3-4,9,19,24,27H,1-2,5-8,10,12-14,41H2/t19-,24-,27-,32-/m0/s1. The predicted molar refractivity (Wildman–Crippen MR) is 168 cm³/mol. The first-order chi connectivity index (χ1) is 22.9. The van der Waals surface area contributed by atoms with Crippen LogP contribution in [0.3, 0.4) is 0 Å². The number of hydrogen-bond donors (Lipinski definition) is 1. The lowest BCUT2D eigenvalue weighted by molar-refractivity contribution is -0.137. The van der Waals surface area contributed by atoms with Crippen LogP contribution >= 0.6 is 11.3 Å². The van der Waals surface area contributed by atoms with Crippen LogP contribution < -0.4 is 15.4 Å². The Labute approximate surface area is 274 Å². The van der Waals surface area contributed by atoms with E-state index in [2.05, 4.69) is 21.4 Å². The second-order valence-electron chi connectivity index (χ2n) is 12.9. The van der Waals surface area contributed by atoms with Crippen LogP contribution in [-0.2, 0) is 10.9 Å². The number of rotatable bonds is 5. The number of fused-ring (bicyclic) bond motifs is 4. The van der Waals surface area contributed by atoms with Crippen LogP contribution in [0.25, 0.3) is 32.1 Å². The van der Waals surface area contributed by atoms with Gasteiger partial charge in [-0.15, -0.1) is 11.3 Å². The quantitative estimate of drug-likeness (QED) is 0.185. The van der Waals surface area contributed by atoms with Crippen molar-refractivity contribution in [2.75, 3.05) is 50.1 Å². The number of nitriles is 1. The second-order valence-corrected chi connectivity index (χ2v) is 14.0. The van der Waals surface area contributed by atoms with Gasteiger partial charge in [-0.05, 0) is 43.5 Å². The van der Waals surface area contributed by atoms with Gasteiger partial charge in [0.25, 0.3) is 0 Å². The Morgan fingerprint density at radius 3 is 2.81 bits per heavy atom. The van der Waals surface area contributed by atoms with Gasteiger partial charge >= 0.3 is 12.2 Å². The minimum Gasteiger partial charge on any atom is -0.461 e. The average molecular weight is 687 g/mol. The Hall–Kier alpha value is -4.13. The lowest BCUT2D eigenvalue weighted by Crippen LogP contribution is -2.43. The third-order valence-corrected chi connectivity index (χ3v) is 11.1. The molecule has 4 aliphatic rings. The van der Waals surface area contributed by atoms with E-state index in [1.165, 1.54) is 4.90 Å². The predicted octanol–water partition coefficient (Wildman–Crippen LogP) is 6.61. The van der Waals surface area contributed by atoms with Gasteiger partial charge in [-0.3, -0.25) is 4.90 Å². The maximum absolute atomic E-state index is 17.0. The number of thiophene rings is 1. The van der Waals surface area contributed by atoms with Gasteiger partial charge in [0.2, 0.25) is 0 Å². The van der Waals surface area contributed by atoms with Crippen LogP contribution in [0, 0.1) is 28.9 Å². The first kappa shape index (κ1) is 31.2. The fourth-order valence-corrected chi connectivity index (χ4v) is 8.75. The maximum Gasteiger partial charge on any atom is 0.417 e. The number of halogens is 6. The monoisotopic (exact) mass is 686 g/mol. The zero-order chi connectivity index (χ0) is 33.7. The Balaban J connectivity index is 1.36. The molecule has 4 aromatic rings. The van der Waals surface area contributed by atoms with Gasteiger partial charge in [-0.1, -0.05) is 18.2 Å². The fourth-order valence-electron chi connectivity index (χ4n) is 7.80. The number of nitrogens with two attached hydrogens (primary N) is 1. The summed E-state index contributed by atoms with van der Waals surface area (Å²) in [5.41, 5.74) is 3.17. The number of ether oxygens (including phenoxy) is 2. The van der Waals surface area contributed by atoms with E-state index >= 15 is 4.39 Å². The van der Waals surface area contributed by atoms with Crippen LogP contribution in [0.2, 0.25) is 0 Å². The molecule has 3 saturated heterocycles. The van der Waals surface area contributed by atoms with E-state index in [4.69, 9.17) is 15.2 Å². The van der Waals surface area contributed by atoms with Crippen LogP contribution in [-0.4, -0.2) is 72.1 Å². The highest BCUT2D eigenvalue weighted by Gasteiger charge is 2.56. The van der Waals surface area contributed by atoms with Gasteiger partial charge in [0.15, 0.2) is 5.82 Å². The second kappa shape index (κ2) is 10.9. The fraction of sp³-hybridized carbons (Fsp3) is 0.424. The van der Waals surface area contributed by atoms with Crippen molar-refractivity contribution in [3.63, 3.8) is 0 Å². The molecule has 3 aliphatic heterocycles. The molecule has 2 aromatic carbocycles. The molecule has 5 heterocycles. The summed E-state index contributed by atoms with van der Waals surface area (Å²) in [6.45, 7) is 6.19. The molecule has 4 atom stereocenters. The summed E-state index contributed by atoms with van der Waals surface area (Å²) in [6, 6.07) is 3.45. The third-order valence-electron chi connectivity index (χ3n) is 10.1. The number of benzene rings is 2. The molecule has 4 fully saturated rings. The van der Waals surface area contributed by atoms with Gasteiger partial charge < -0.3 is 20.1 Å². The van der Waals surface area contributed by atoms with Crippen molar-refractivity contribution in [2.24, 2.45) is 5.92 Å². The molecule has 0 amide bonds. The highest BCUT2D eigenvalue weighted by atomic mass is 32.1. The van der Waals surface area contributed by atoms with Crippen LogP contribution in [0.1, 0.15) is 30.4 Å². The normalized spacial score (nSPS) is 25.7. The van der Waals surface area contributed by atoms with Gasteiger partial charge in [0.05, 0.1) is 40.6 Å². The largest absolute Gasteiger partial charge is 0.461 e. The van der Waals surface area contributed by atoms with Crippen molar-refractivity contribution >= 4 is 43.1 Å². The Kier molecular flexibility index (Phi) is 7.10. The number of hydrogen-bond acceptors (Lipinski definition) is 9. The van der Waals surface area contributed by atoms with Gasteiger partial charge in [0.1, 0.15) is 41.0 Å². The molecule has 15 heteroatoms. The summed E-state index contributed by atoms with van der Waals surface area (Å²) in [7, 11) is 0. The number of anilines is 2. The highest BCUT2D eigenvalue weighted by Crippen LogP contribution is 2.50. The van der Waals surface area contributed by atoms with Gasteiger partial charge in [-0.2, -0.15) is 28.4 Å². The molecule has 1 saturated carbocycles. The zero-order valence-electron chi connectivity index (χ0n) is 25.3. The summed E-state index contributed by atoms with van der Waals surface area (Å²) in [6.07, 6.45) is -3.99. The van der Waals surface area contributed by atoms with Crippen LogP contribution in [0.4, 0.5) is 37.2 Å². The van der Waals surface area contributed by atoms with E-state index in [0.717, 1.165) is 43.2 Å². The van der Waals surface area contributed by atoms with E-state index in [-0.39, 0.29) is 75.3 Å². The summed E-state index contributed by atoms with van der Waals surface area (Å²) >= 11 is 0.685. The molecule has 8 rings (SSSR count). The Morgan fingerprint density at radius 1 is 1.23 bits per heavy atom. The van der Waals surface area contributed by atoms with E-state index in [0.29, 0.717) is 24.3 Å². The highest BCUT2D eigenvalue weighted by molar-refractivity contribution is 7.23. The van der Waals surface area contributed by atoms with Gasteiger partial charge in [0, 0.05) is 35.3 Å². The maximum atomic E-state index is 17.0. The zero-order valence-corrected chi connectivity index (χ0v) is 26.2. The number of nitrogens with zero attached hydrogens (tertiary/aromatic N) is 5. The molecule has 0 spiro atoms.